The number of carbonyl (C=O) groups is 1. The predicted molar refractivity (Wildman–Crippen MR) is 83.1 cm³/mol. The third kappa shape index (κ3) is 3.70. The summed E-state index contributed by atoms with van der Waals surface area (Å²) >= 11 is 0. The lowest BCUT2D eigenvalue weighted by Gasteiger charge is -2.21. The number of benzene rings is 1. The highest BCUT2D eigenvalue weighted by molar-refractivity contribution is 7.86. The van der Waals surface area contributed by atoms with E-state index in [0.29, 0.717) is 26.1 Å². The van der Waals surface area contributed by atoms with E-state index in [9.17, 15) is 17.6 Å². The number of amides is 1. The summed E-state index contributed by atoms with van der Waals surface area (Å²) in [5, 5.41) is 5.14. The average Bonchev–Trinajstić information content (AvgIpc) is 3.29. The van der Waals surface area contributed by atoms with Gasteiger partial charge < -0.3 is 4.90 Å². The quantitative estimate of drug-likeness (QED) is 0.877. The van der Waals surface area contributed by atoms with E-state index >= 15 is 0 Å². The zero-order valence-electron chi connectivity index (χ0n) is 12.7. The Hall–Kier alpha value is -1.51. The van der Waals surface area contributed by atoms with Crippen molar-refractivity contribution in [2.75, 3.05) is 26.2 Å². The van der Waals surface area contributed by atoms with Crippen molar-refractivity contribution in [1.82, 2.24) is 9.21 Å². The van der Waals surface area contributed by atoms with Crippen molar-refractivity contribution in [2.45, 2.75) is 18.8 Å². The first kappa shape index (κ1) is 16.4. The molecule has 1 saturated heterocycles. The Morgan fingerprint density at radius 1 is 1.22 bits per heavy atom. The molecule has 1 aromatic rings. The molecule has 1 aromatic carbocycles. The van der Waals surface area contributed by atoms with Crippen LogP contribution in [0.2, 0.25) is 0 Å². The molecule has 2 fully saturated rings. The van der Waals surface area contributed by atoms with E-state index in [1.807, 2.05) is 6.07 Å². The van der Waals surface area contributed by atoms with Crippen molar-refractivity contribution in [2.24, 2.45) is 11.1 Å². The standard InChI is InChI=1S/C15H20FN3O3S/c16-12-4-1-3-11(9-12)13-10-14(13)15(20)18-5-2-6-19(8-7-18)23(17,21)22/h1,3-4,9,13-14H,2,5-8,10H2,(H2,17,21,22)/t13-,14-/m1/s1. The minimum Gasteiger partial charge on any atom is -0.341 e. The number of nitrogens with two attached hydrogens (primary N) is 1. The minimum absolute atomic E-state index is 0.0236. The average molecular weight is 341 g/mol. The lowest BCUT2D eigenvalue weighted by atomic mass is 10.1. The second kappa shape index (κ2) is 6.18. The van der Waals surface area contributed by atoms with E-state index in [-0.39, 0.29) is 30.1 Å². The summed E-state index contributed by atoms with van der Waals surface area (Å²) in [7, 11) is -3.71. The smallest absolute Gasteiger partial charge is 0.276 e. The van der Waals surface area contributed by atoms with Crippen LogP contribution < -0.4 is 5.14 Å². The molecule has 0 radical (unpaired) electrons. The van der Waals surface area contributed by atoms with Crippen LogP contribution in [0.5, 0.6) is 0 Å². The monoisotopic (exact) mass is 341 g/mol. The second-order valence-corrected chi connectivity index (χ2v) is 7.67. The summed E-state index contributed by atoms with van der Waals surface area (Å²) in [4.78, 5) is 14.3. The van der Waals surface area contributed by atoms with E-state index < -0.39 is 10.2 Å². The summed E-state index contributed by atoms with van der Waals surface area (Å²) in [5.41, 5.74) is 0.851. The van der Waals surface area contributed by atoms with Gasteiger partial charge in [0.1, 0.15) is 5.82 Å². The highest BCUT2D eigenvalue weighted by Crippen LogP contribution is 2.48. The van der Waals surface area contributed by atoms with Crippen molar-refractivity contribution in [3.63, 3.8) is 0 Å². The van der Waals surface area contributed by atoms with Gasteiger partial charge in [-0.25, -0.2) is 9.53 Å². The number of hydrogen-bond donors (Lipinski definition) is 1. The molecule has 0 bridgehead atoms. The molecule has 3 rings (SSSR count). The fourth-order valence-electron chi connectivity index (χ4n) is 3.18. The van der Waals surface area contributed by atoms with Gasteiger partial charge in [0.15, 0.2) is 0 Å². The van der Waals surface area contributed by atoms with Crippen molar-refractivity contribution < 1.29 is 17.6 Å². The van der Waals surface area contributed by atoms with Gasteiger partial charge in [0.2, 0.25) is 5.91 Å². The van der Waals surface area contributed by atoms with Crippen LogP contribution in [0.4, 0.5) is 4.39 Å². The van der Waals surface area contributed by atoms with Gasteiger partial charge >= 0.3 is 0 Å². The molecule has 8 heteroatoms. The lowest BCUT2D eigenvalue weighted by Crippen LogP contribution is -2.40. The van der Waals surface area contributed by atoms with Crippen LogP contribution in [0.1, 0.15) is 24.3 Å². The molecule has 2 N–H and O–H groups in total. The molecule has 1 aliphatic carbocycles. The summed E-state index contributed by atoms with van der Waals surface area (Å²) in [6.45, 7) is 1.43. The summed E-state index contributed by atoms with van der Waals surface area (Å²) < 4.78 is 37.3. The van der Waals surface area contributed by atoms with Crippen molar-refractivity contribution in [3.8, 4) is 0 Å². The molecule has 2 atom stereocenters. The highest BCUT2D eigenvalue weighted by Gasteiger charge is 2.46. The molecule has 1 saturated carbocycles. The third-order valence-corrected chi connectivity index (χ3v) is 5.60. The van der Waals surface area contributed by atoms with Crippen molar-refractivity contribution in [3.05, 3.63) is 35.6 Å². The van der Waals surface area contributed by atoms with Crippen LogP contribution in [-0.4, -0.2) is 49.7 Å². The first-order valence-corrected chi connectivity index (χ1v) is 9.19. The van der Waals surface area contributed by atoms with Crippen LogP contribution in [0.3, 0.4) is 0 Å². The summed E-state index contributed by atoms with van der Waals surface area (Å²) in [5.74, 6) is -0.330. The Bertz CT molecular complexity index is 710. The summed E-state index contributed by atoms with van der Waals surface area (Å²) in [6.07, 6.45) is 1.29. The largest absolute Gasteiger partial charge is 0.341 e. The van der Waals surface area contributed by atoms with Gasteiger partial charge in [-0.15, -0.1) is 0 Å². The first-order chi connectivity index (χ1) is 10.9. The van der Waals surface area contributed by atoms with Gasteiger partial charge in [-0.3, -0.25) is 4.79 Å². The minimum atomic E-state index is -3.71. The fourth-order valence-corrected chi connectivity index (χ4v) is 3.90. The van der Waals surface area contributed by atoms with Crippen LogP contribution in [0.25, 0.3) is 0 Å². The van der Waals surface area contributed by atoms with Crippen molar-refractivity contribution in [1.29, 1.82) is 0 Å². The number of hydrogen-bond acceptors (Lipinski definition) is 3. The van der Waals surface area contributed by atoms with Crippen molar-refractivity contribution >= 4 is 16.1 Å². The fraction of sp³-hybridized carbons (Fsp3) is 0.533. The molecule has 1 aliphatic heterocycles. The van der Waals surface area contributed by atoms with E-state index in [2.05, 4.69) is 0 Å². The van der Waals surface area contributed by atoms with Crippen LogP contribution >= 0.6 is 0 Å². The van der Waals surface area contributed by atoms with E-state index in [1.165, 1.54) is 16.4 Å². The highest BCUT2D eigenvalue weighted by atomic mass is 32.2. The molecule has 0 spiro atoms. The summed E-state index contributed by atoms with van der Waals surface area (Å²) in [6, 6.07) is 6.36. The molecule has 1 amide bonds. The van der Waals surface area contributed by atoms with Gasteiger partial charge in [-0.1, -0.05) is 12.1 Å². The Morgan fingerprint density at radius 3 is 2.70 bits per heavy atom. The maximum atomic E-state index is 13.3. The number of rotatable bonds is 3. The van der Waals surface area contributed by atoms with Crippen LogP contribution in [0.15, 0.2) is 24.3 Å². The number of halogens is 1. The molecule has 126 valence electrons. The zero-order valence-corrected chi connectivity index (χ0v) is 13.5. The lowest BCUT2D eigenvalue weighted by molar-refractivity contribution is -0.132. The molecule has 1 heterocycles. The third-order valence-electron chi connectivity index (χ3n) is 4.51. The Kier molecular flexibility index (Phi) is 4.39. The topological polar surface area (TPSA) is 83.7 Å². The van der Waals surface area contributed by atoms with Crippen LogP contribution in [0, 0.1) is 11.7 Å². The Labute approximate surface area is 135 Å². The first-order valence-electron chi connectivity index (χ1n) is 7.68. The molecule has 2 aliphatic rings. The Morgan fingerprint density at radius 2 is 2.00 bits per heavy atom. The van der Waals surface area contributed by atoms with Gasteiger partial charge in [-0.05, 0) is 36.5 Å². The van der Waals surface area contributed by atoms with Gasteiger partial charge in [-0.2, -0.15) is 12.7 Å². The zero-order chi connectivity index (χ0) is 16.6. The van der Waals surface area contributed by atoms with Gasteiger partial charge in [0.25, 0.3) is 10.2 Å². The molecule has 0 unspecified atom stereocenters. The number of carbonyl (C=O) groups excluding carboxylic acids is 1. The maximum Gasteiger partial charge on any atom is 0.276 e. The molecule has 23 heavy (non-hydrogen) atoms. The number of nitrogens with zero attached hydrogens (tertiary/aromatic N) is 2. The second-order valence-electron chi connectivity index (χ2n) is 6.13. The molecule has 6 nitrogen and oxygen atoms in total. The normalized spacial score (nSPS) is 25.9. The molecular formula is C15H20FN3O3S. The predicted octanol–water partition coefficient (Wildman–Crippen LogP) is 0.667. The van der Waals surface area contributed by atoms with Gasteiger partial charge in [0.05, 0.1) is 0 Å². The van der Waals surface area contributed by atoms with Crippen LogP contribution in [-0.2, 0) is 15.0 Å². The van der Waals surface area contributed by atoms with E-state index in [0.717, 1.165) is 12.0 Å². The molecular weight excluding hydrogens is 321 g/mol. The Balaban J connectivity index is 1.62. The van der Waals surface area contributed by atoms with E-state index in [4.69, 9.17) is 5.14 Å². The maximum absolute atomic E-state index is 13.3. The van der Waals surface area contributed by atoms with Gasteiger partial charge in [0, 0.05) is 32.1 Å². The SMILES string of the molecule is NS(=O)(=O)N1CCCN(C(=O)[C@@H]2C[C@@H]2c2cccc(F)c2)CC1. The molecule has 0 aromatic heterocycles. The van der Waals surface area contributed by atoms with E-state index in [1.54, 1.807) is 11.0 Å².